The number of fused-ring (bicyclic) bond motifs is 4. The minimum absolute atomic E-state index is 0.146. The molecule has 98 valence electrons. The van der Waals surface area contributed by atoms with Crippen LogP contribution in [-0.2, 0) is 6.54 Å². The van der Waals surface area contributed by atoms with Crippen molar-refractivity contribution in [2.45, 2.75) is 38.8 Å². The van der Waals surface area contributed by atoms with Gasteiger partial charge in [0.1, 0.15) is 0 Å². The molecule has 18 heavy (non-hydrogen) atoms. The number of nitrogens with zero attached hydrogens (tertiary/aromatic N) is 1. The minimum Gasteiger partial charge on any atom is -0.383 e. The molecule has 1 fully saturated rings. The van der Waals surface area contributed by atoms with Crippen LogP contribution in [0.1, 0.15) is 31.9 Å². The molecule has 3 rings (SSSR count). The van der Waals surface area contributed by atoms with Crippen LogP contribution < -0.4 is 16.2 Å². The van der Waals surface area contributed by atoms with Crippen LogP contribution in [-0.4, -0.2) is 23.7 Å². The lowest BCUT2D eigenvalue weighted by atomic mass is 9.84. The molecule has 0 aliphatic carbocycles. The normalized spacial score (nSPS) is 25.9. The molecule has 3 heterocycles. The molecule has 2 aliphatic heterocycles. The van der Waals surface area contributed by atoms with Gasteiger partial charge in [-0.2, -0.15) is 0 Å². The van der Waals surface area contributed by atoms with E-state index in [0.717, 1.165) is 25.3 Å². The molecule has 1 saturated heterocycles. The molecule has 0 saturated carbocycles. The maximum Gasteiger partial charge on any atom is 0.252 e. The number of nitrogens with one attached hydrogen (secondary N) is 2. The zero-order chi connectivity index (χ0) is 12.7. The Hall–Kier alpha value is -1.29. The highest BCUT2D eigenvalue weighted by Crippen LogP contribution is 2.32. The van der Waals surface area contributed by atoms with E-state index in [-0.39, 0.29) is 5.56 Å². The number of hydrogen-bond acceptors (Lipinski definition) is 3. The molecule has 2 N–H and O–H groups in total. The smallest absolute Gasteiger partial charge is 0.252 e. The number of hydrogen-bond donors (Lipinski definition) is 2. The van der Waals surface area contributed by atoms with Crippen LogP contribution in [0.3, 0.4) is 0 Å². The first kappa shape index (κ1) is 11.8. The molecule has 4 nitrogen and oxygen atoms in total. The van der Waals surface area contributed by atoms with Crippen molar-refractivity contribution in [2.75, 3.05) is 18.4 Å². The van der Waals surface area contributed by atoms with Crippen molar-refractivity contribution in [1.29, 1.82) is 0 Å². The van der Waals surface area contributed by atoms with Crippen LogP contribution in [0.4, 0.5) is 5.69 Å². The molecule has 0 radical (unpaired) electrons. The average molecular weight is 247 g/mol. The Bertz CT molecular complexity index is 506. The first-order valence-electron chi connectivity index (χ1n) is 6.85. The molecule has 0 spiro atoms. The zero-order valence-corrected chi connectivity index (χ0v) is 11.1. The van der Waals surface area contributed by atoms with Gasteiger partial charge in [-0.1, -0.05) is 0 Å². The summed E-state index contributed by atoms with van der Waals surface area (Å²) in [7, 11) is 0. The molecule has 0 amide bonds. The number of aromatic nitrogens is 1. The van der Waals surface area contributed by atoms with Crippen LogP contribution in [0.25, 0.3) is 0 Å². The van der Waals surface area contributed by atoms with Gasteiger partial charge >= 0.3 is 0 Å². The van der Waals surface area contributed by atoms with Gasteiger partial charge in [-0.15, -0.1) is 0 Å². The number of rotatable bonds is 2. The third-order valence-corrected chi connectivity index (χ3v) is 3.92. The van der Waals surface area contributed by atoms with E-state index in [9.17, 15) is 4.79 Å². The monoisotopic (exact) mass is 247 g/mol. The summed E-state index contributed by atoms with van der Waals surface area (Å²) in [5.41, 5.74) is 2.31. The Kier molecular flexibility index (Phi) is 2.90. The molecular weight excluding hydrogens is 226 g/mol. The second kappa shape index (κ2) is 4.43. The molecule has 0 unspecified atom stereocenters. The summed E-state index contributed by atoms with van der Waals surface area (Å²) in [6, 6.07) is 4.25. The van der Waals surface area contributed by atoms with Gasteiger partial charge in [-0.3, -0.25) is 4.79 Å². The van der Waals surface area contributed by atoms with E-state index in [1.807, 2.05) is 4.57 Å². The summed E-state index contributed by atoms with van der Waals surface area (Å²) >= 11 is 0. The zero-order valence-electron chi connectivity index (χ0n) is 11.1. The third kappa shape index (κ3) is 2.05. The second-order valence-corrected chi connectivity index (χ2v) is 5.87. The molecule has 2 atom stereocenters. The summed E-state index contributed by atoms with van der Waals surface area (Å²) in [6.45, 7) is 7.11. The maximum absolute atomic E-state index is 12.2. The summed E-state index contributed by atoms with van der Waals surface area (Å²) in [6.07, 6.45) is 1.22. The van der Waals surface area contributed by atoms with Crippen molar-refractivity contribution in [1.82, 2.24) is 9.88 Å². The molecule has 2 bridgehead atoms. The van der Waals surface area contributed by atoms with Crippen LogP contribution in [0, 0.1) is 5.92 Å². The standard InChI is InChI=1S/C14H21N3O/c1-9(2)16-12-4-13-11-3-10(6-15-7-11)8-17(13)14(18)5-12/h4-5,9-11,15-16H,3,6-8H2,1-2H3/t10-,11+/m0/s1. The number of piperidine rings is 1. The second-order valence-electron chi connectivity index (χ2n) is 5.87. The average Bonchev–Trinajstić information content (AvgIpc) is 2.31. The molecular formula is C14H21N3O. The third-order valence-electron chi connectivity index (χ3n) is 3.92. The lowest BCUT2D eigenvalue weighted by Gasteiger charge is -2.37. The van der Waals surface area contributed by atoms with Crippen molar-refractivity contribution in [3.63, 3.8) is 0 Å². The fraction of sp³-hybridized carbons (Fsp3) is 0.643. The molecule has 1 aromatic rings. The van der Waals surface area contributed by atoms with Crippen molar-refractivity contribution >= 4 is 5.69 Å². The van der Waals surface area contributed by atoms with Crippen LogP contribution >= 0.6 is 0 Å². The fourth-order valence-corrected chi connectivity index (χ4v) is 3.22. The Labute approximate surface area is 107 Å². The van der Waals surface area contributed by atoms with E-state index in [1.54, 1.807) is 6.07 Å². The highest BCUT2D eigenvalue weighted by Gasteiger charge is 2.31. The number of pyridine rings is 1. The quantitative estimate of drug-likeness (QED) is 0.830. The van der Waals surface area contributed by atoms with Gasteiger partial charge < -0.3 is 15.2 Å². The van der Waals surface area contributed by atoms with E-state index < -0.39 is 0 Å². The lowest BCUT2D eigenvalue weighted by Crippen LogP contribution is -2.44. The highest BCUT2D eigenvalue weighted by molar-refractivity contribution is 5.45. The van der Waals surface area contributed by atoms with E-state index in [1.165, 1.54) is 12.1 Å². The van der Waals surface area contributed by atoms with Crippen molar-refractivity contribution in [2.24, 2.45) is 5.92 Å². The van der Waals surface area contributed by atoms with Crippen molar-refractivity contribution < 1.29 is 0 Å². The van der Waals surface area contributed by atoms with Crippen LogP contribution in [0.5, 0.6) is 0 Å². The summed E-state index contributed by atoms with van der Waals surface area (Å²) in [5.74, 6) is 1.12. The van der Waals surface area contributed by atoms with Crippen molar-refractivity contribution in [3.8, 4) is 0 Å². The van der Waals surface area contributed by atoms with Gasteiger partial charge in [0.15, 0.2) is 0 Å². The summed E-state index contributed by atoms with van der Waals surface area (Å²) < 4.78 is 1.98. The summed E-state index contributed by atoms with van der Waals surface area (Å²) in [5, 5.41) is 6.81. The van der Waals surface area contributed by atoms with E-state index in [4.69, 9.17) is 0 Å². The largest absolute Gasteiger partial charge is 0.383 e. The van der Waals surface area contributed by atoms with Crippen molar-refractivity contribution in [3.05, 3.63) is 28.2 Å². The van der Waals surface area contributed by atoms with Gasteiger partial charge in [0.25, 0.3) is 5.56 Å². The fourth-order valence-electron chi connectivity index (χ4n) is 3.22. The van der Waals surface area contributed by atoms with Crippen LogP contribution in [0.15, 0.2) is 16.9 Å². The molecule has 0 aromatic carbocycles. The van der Waals surface area contributed by atoms with E-state index in [0.29, 0.717) is 17.9 Å². The first-order chi connectivity index (χ1) is 8.63. The van der Waals surface area contributed by atoms with Gasteiger partial charge in [0, 0.05) is 42.5 Å². The van der Waals surface area contributed by atoms with E-state index in [2.05, 4.69) is 30.5 Å². The summed E-state index contributed by atoms with van der Waals surface area (Å²) in [4.78, 5) is 12.2. The topological polar surface area (TPSA) is 46.1 Å². The number of anilines is 1. The van der Waals surface area contributed by atoms with Crippen LogP contribution in [0.2, 0.25) is 0 Å². The highest BCUT2D eigenvalue weighted by atomic mass is 16.1. The first-order valence-corrected chi connectivity index (χ1v) is 6.85. The Morgan fingerprint density at radius 1 is 1.39 bits per heavy atom. The van der Waals surface area contributed by atoms with E-state index >= 15 is 0 Å². The van der Waals surface area contributed by atoms with Gasteiger partial charge in [-0.05, 0) is 38.8 Å². The minimum atomic E-state index is 0.146. The van der Waals surface area contributed by atoms with Gasteiger partial charge in [0.05, 0.1) is 0 Å². The Morgan fingerprint density at radius 3 is 3.00 bits per heavy atom. The lowest BCUT2D eigenvalue weighted by molar-refractivity contribution is 0.257. The van der Waals surface area contributed by atoms with Gasteiger partial charge in [-0.25, -0.2) is 0 Å². The molecule has 1 aromatic heterocycles. The predicted molar refractivity (Wildman–Crippen MR) is 73.2 cm³/mol. The molecule has 4 heteroatoms. The Balaban J connectivity index is 2.02. The maximum atomic E-state index is 12.2. The SMILES string of the molecule is CC(C)Nc1cc2n(c(=O)c1)C[C@@H]1CNC[C@H]2C1. The Morgan fingerprint density at radius 2 is 2.22 bits per heavy atom. The predicted octanol–water partition coefficient (Wildman–Crippen LogP) is 1.38. The molecule has 2 aliphatic rings. The van der Waals surface area contributed by atoms with Gasteiger partial charge in [0.2, 0.25) is 0 Å².